The summed E-state index contributed by atoms with van der Waals surface area (Å²) in [5.74, 6) is 0.949. The minimum Gasteiger partial charge on any atom is -0.497 e. The number of carbonyl (C=O) groups excluding carboxylic acids is 1. The minimum absolute atomic E-state index is 0.0675. The van der Waals surface area contributed by atoms with E-state index >= 15 is 0 Å². The van der Waals surface area contributed by atoms with E-state index in [4.69, 9.17) is 4.74 Å². The Balaban J connectivity index is 1.62. The number of sulfone groups is 1. The van der Waals surface area contributed by atoms with E-state index in [1.807, 2.05) is 24.3 Å². The van der Waals surface area contributed by atoms with E-state index in [2.05, 4.69) is 10.6 Å². The molecule has 0 aliphatic carbocycles. The molecule has 0 aromatic heterocycles. The first kappa shape index (κ1) is 16.8. The number of amides is 1. The fourth-order valence-electron chi connectivity index (χ4n) is 2.39. The summed E-state index contributed by atoms with van der Waals surface area (Å²) in [6.07, 6.45) is 0.861. The second-order valence-electron chi connectivity index (χ2n) is 5.44. The SMILES string of the molecule is COc1ccc(CNCCC(=O)NC2CCS(=O)(=O)C2)cc1. The first-order chi connectivity index (χ1) is 10.5. The first-order valence-electron chi connectivity index (χ1n) is 7.32. The van der Waals surface area contributed by atoms with Gasteiger partial charge in [0.2, 0.25) is 5.91 Å². The standard InChI is InChI=1S/C15H22N2O4S/c1-21-14-4-2-12(3-5-14)10-16-8-6-15(18)17-13-7-9-22(19,20)11-13/h2-5,13,16H,6-11H2,1H3,(H,17,18). The quantitative estimate of drug-likeness (QED) is 0.712. The van der Waals surface area contributed by atoms with E-state index in [1.54, 1.807) is 7.11 Å². The molecule has 1 aromatic rings. The van der Waals surface area contributed by atoms with Gasteiger partial charge < -0.3 is 15.4 Å². The molecule has 122 valence electrons. The summed E-state index contributed by atoms with van der Waals surface area (Å²) < 4.78 is 27.7. The molecule has 2 N–H and O–H groups in total. The number of benzene rings is 1. The third-order valence-electron chi connectivity index (χ3n) is 3.61. The van der Waals surface area contributed by atoms with Gasteiger partial charge in [0, 0.05) is 25.6 Å². The number of methoxy groups -OCH3 is 1. The number of hydrogen-bond donors (Lipinski definition) is 2. The molecular weight excluding hydrogens is 304 g/mol. The van der Waals surface area contributed by atoms with Gasteiger partial charge in [0.05, 0.1) is 18.6 Å². The maximum atomic E-state index is 11.7. The van der Waals surface area contributed by atoms with Crippen molar-refractivity contribution in [2.45, 2.75) is 25.4 Å². The molecule has 1 aliphatic heterocycles. The van der Waals surface area contributed by atoms with Crippen LogP contribution < -0.4 is 15.4 Å². The Morgan fingerprint density at radius 2 is 2.05 bits per heavy atom. The smallest absolute Gasteiger partial charge is 0.221 e. The van der Waals surface area contributed by atoms with Crippen molar-refractivity contribution in [1.29, 1.82) is 0 Å². The molecule has 1 aromatic carbocycles. The molecule has 2 rings (SSSR count). The fraction of sp³-hybridized carbons (Fsp3) is 0.533. The average Bonchev–Trinajstić information content (AvgIpc) is 2.83. The summed E-state index contributed by atoms with van der Waals surface area (Å²) in [6, 6.07) is 7.50. The van der Waals surface area contributed by atoms with E-state index in [1.165, 1.54) is 0 Å². The fourth-order valence-corrected chi connectivity index (χ4v) is 4.06. The summed E-state index contributed by atoms with van der Waals surface area (Å²) in [6.45, 7) is 1.23. The largest absolute Gasteiger partial charge is 0.497 e. The van der Waals surface area contributed by atoms with Gasteiger partial charge in [0.1, 0.15) is 5.75 Å². The van der Waals surface area contributed by atoms with Crippen LogP contribution in [0.15, 0.2) is 24.3 Å². The van der Waals surface area contributed by atoms with Crippen molar-refractivity contribution in [3.05, 3.63) is 29.8 Å². The summed E-state index contributed by atoms with van der Waals surface area (Å²) in [7, 11) is -1.32. The van der Waals surface area contributed by atoms with Crippen molar-refractivity contribution >= 4 is 15.7 Å². The number of ether oxygens (including phenoxy) is 1. The van der Waals surface area contributed by atoms with Gasteiger partial charge >= 0.3 is 0 Å². The Kier molecular flexibility index (Phi) is 5.79. The van der Waals surface area contributed by atoms with Crippen molar-refractivity contribution in [1.82, 2.24) is 10.6 Å². The number of hydrogen-bond acceptors (Lipinski definition) is 5. The van der Waals surface area contributed by atoms with E-state index in [0.29, 0.717) is 25.9 Å². The Hall–Kier alpha value is -1.60. The van der Waals surface area contributed by atoms with Crippen LogP contribution in [0.4, 0.5) is 0 Å². The predicted octanol–water partition coefficient (Wildman–Crippen LogP) is 0.478. The second-order valence-corrected chi connectivity index (χ2v) is 7.67. The monoisotopic (exact) mass is 326 g/mol. The summed E-state index contributed by atoms with van der Waals surface area (Å²) in [5, 5.41) is 5.96. The molecule has 1 saturated heterocycles. The Morgan fingerprint density at radius 1 is 1.32 bits per heavy atom. The lowest BCUT2D eigenvalue weighted by Gasteiger charge is -2.11. The number of nitrogens with one attached hydrogen (secondary N) is 2. The van der Waals surface area contributed by atoms with Gasteiger partial charge in [-0.15, -0.1) is 0 Å². The van der Waals surface area contributed by atoms with Crippen molar-refractivity contribution in [2.75, 3.05) is 25.2 Å². The third-order valence-corrected chi connectivity index (χ3v) is 5.38. The molecule has 1 heterocycles. The molecule has 22 heavy (non-hydrogen) atoms. The van der Waals surface area contributed by atoms with Gasteiger partial charge in [0.15, 0.2) is 9.84 Å². The normalized spacial score (nSPS) is 19.8. The van der Waals surface area contributed by atoms with Crippen LogP contribution in [-0.2, 0) is 21.2 Å². The van der Waals surface area contributed by atoms with Crippen LogP contribution in [0.2, 0.25) is 0 Å². The molecule has 7 heteroatoms. The van der Waals surface area contributed by atoms with E-state index in [9.17, 15) is 13.2 Å². The third kappa shape index (κ3) is 5.31. The van der Waals surface area contributed by atoms with Gasteiger partial charge in [-0.25, -0.2) is 8.42 Å². The summed E-state index contributed by atoms with van der Waals surface area (Å²) in [5.41, 5.74) is 1.11. The van der Waals surface area contributed by atoms with Crippen molar-refractivity contribution in [2.24, 2.45) is 0 Å². The highest BCUT2D eigenvalue weighted by Gasteiger charge is 2.28. The van der Waals surface area contributed by atoms with Gasteiger partial charge in [0.25, 0.3) is 0 Å². The molecule has 1 amide bonds. The Morgan fingerprint density at radius 3 is 2.64 bits per heavy atom. The van der Waals surface area contributed by atoms with E-state index in [-0.39, 0.29) is 23.5 Å². The topological polar surface area (TPSA) is 84.5 Å². The zero-order valence-electron chi connectivity index (χ0n) is 12.7. The van der Waals surface area contributed by atoms with E-state index in [0.717, 1.165) is 11.3 Å². The molecule has 0 bridgehead atoms. The van der Waals surface area contributed by atoms with Crippen LogP contribution in [0, 0.1) is 0 Å². The highest BCUT2D eigenvalue weighted by molar-refractivity contribution is 7.91. The maximum Gasteiger partial charge on any atom is 0.221 e. The van der Waals surface area contributed by atoms with Crippen LogP contribution in [0.5, 0.6) is 5.75 Å². The molecule has 6 nitrogen and oxygen atoms in total. The minimum atomic E-state index is -2.95. The van der Waals surface area contributed by atoms with Crippen LogP contribution in [0.25, 0.3) is 0 Å². The molecule has 0 radical (unpaired) electrons. The number of carbonyl (C=O) groups is 1. The van der Waals surface area contributed by atoms with Crippen LogP contribution in [0.3, 0.4) is 0 Å². The predicted molar refractivity (Wildman–Crippen MR) is 84.5 cm³/mol. The van der Waals surface area contributed by atoms with Crippen LogP contribution in [0.1, 0.15) is 18.4 Å². The molecule has 1 atom stereocenters. The maximum absolute atomic E-state index is 11.7. The Bertz CT molecular complexity index is 598. The highest BCUT2D eigenvalue weighted by atomic mass is 32.2. The summed E-state index contributed by atoms with van der Waals surface area (Å²) >= 11 is 0. The highest BCUT2D eigenvalue weighted by Crippen LogP contribution is 2.12. The Labute approximate surface area is 131 Å². The number of rotatable bonds is 7. The zero-order chi connectivity index (χ0) is 16.0. The first-order valence-corrected chi connectivity index (χ1v) is 9.14. The zero-order valence-corrected chi connectivity index (χ0v) is 13.5. The van der Waals surface area contributed by atoms with Gasteiger partial charge in [-0.3, -0.25) is 4.79 Å². The molecule has 1 aliphatic rings. The lowest BCUT2D eigenvalue weighted by Crippen LogP contribution is -2.37. The molecule has 0 saturated carbocycles. The van der Waals surface area contributed by atoms with Crippen LogP contribution >= 0.6 is 0 Å². The second kappa shape index (κ2) is 7.60. The summed E-state index contributed by atoms with van der Waals surface area (Å²) in [4.78, 5) is 11.7. The van der Waals surface area contributed by atoms with Crippen molar-refractivity contribution in [3.63, 3.8) is 0 Å². The van der Waals surface area contributed by atoms with Gasteiger partial charge in [-0.1, -0.05) is 12.1 Å². The van der Waals surface area contributed by atoms with Crippen molar-refractivity contribution in [3.8, 4) is 5.75 Å². The molecule has 1 fully saturated rings. The average molecular weight is 326 g/mol. The van der Waals surface area contributed by atoms with Crippen LogP contribution in [-0.4, -0.2) is 45.5 Å². The molecule has 1 unspecified atom stereocenters. The van der Waals surface area contributed by atoms with Gasteiger partial charge in [-0.05, 0) is 24.1 Å². The molecular formula is C15H22N2O4S. The van der Waals surface area contributed by atoms with Crippen molar-refractivity contribution < 1.29 is 17.9 Å². The lowest BCUT2D eigenvalue weighted by molar-refractivity contribution is -0.121. The lowest BCUT2D eigenvalue weighted by atomic mass is 10.2. The van der Waals surface area contributed by atoms with E-state index < -0.39 is 9.84 Å². The van der Waals surface area contributed by atoms with Gasteiger partial charge in [-0.2, -0.15) is 0 Å². The molecule has 0 spiro atoms.